The third-order valence-electron chi connectivity index (χ3n) is 3.88. The quantitative estimate of drug-likeness (QED) is 0.903. The zero-order chi connectivity index (χ0) is 14.0. The predicted molar refractivity (Wildman–Crippen MR) is 71.1 cm³/mol. The van der Waals surface area contributed by atoms with Crippen LogP contribution in [-0.2, 0) is 4.74 Å². The topological polar surface area (TPSA) is 21.3 Å². The van der Waals surface area contributed by atoms with Gasteiger partial charge in [-0.1, -0.05) is 19.1 Å². The standard InChI is InChI=1S/C15H21F2NO/c1-4-18-14(15(3)8-5-9-19-15)11-7-6-10(2)12(16)13(11)17/h6-7,14,18H,4-5,8-9H2,1-3H3. The first-order valence-electron chi connectivity index (χ1n) is 6.81. The lowest BCUT2D eigenvalue weighted by atomic mass is 9.87. The molecule has 0 saturated carbocycles. The van der Waals surface area contributed by atoms with E-state index in [2.05, 4.69) is 5.32 Å². The number of ether oxygens (including phenoxy) is 1. The van der Waals surface area contributed by atoms with Gasteiger partial charge in [-0.2, -0.15) is 0 Å². The maximum atomic E-state index is 14.2. The van der Waals surface area contributed by atoms with Crippen molar-refractivity contribution in [3.8, 4) is 0 Å². The maximum absolute atomic E-state index is 14.2. The predicted octanol–water partition coefficient (Wildman–Crippen LogP) is 3.49. The Labute approximate surface area is 113 Å². The normalized spacial score (nSPS) is 24.7. The van der Waals surface area contributed by atoms with E-state index in [0.717, 1.165) is 12.8 Å². The number of halogens is 2. The Bertz CT molecular complexity index is 456. The average Bonchev–Trinajstić information content (AvgIpc) is 2.82. The van der Waals surface area contributed by atoms with Crippen molar-refractivity contribution in [3.63, 3.8) is 0 Å². The molecule has 2 unspecified atom stereocenters. The van der Waals surface area contributed by atoms with Crippen molar-refractivity contribution in [2.75, 3.05) is 13.2 Å². The van der Waals surface area contributed by atoms with Gasteiger partial charge in [-0.25, -0.2) is 8.78 Å². The van der Waals surface area contributed by atoms with Crippen LogP contribution in [0.2, 0.25) is 0 Å². The van der Waals surface area contributed by atoms with E-state index >= 15 is 0 Å². The minimum atomic E-state index is -0.762. The van der Waals surface area contributed by atoms with Crippen molar-refractivity contribution >= 4 is 0 Å². The number of hydrogen-bond acceptors (Lipinski definition) is 2. The summed E-state index contributed by atoms with van der Waals surface area (Å²) < 4.78 is 33.7. The molecule has 1 fully saturated rings. The van der Waals surface area contributed by atoms with Crippen LogP contribution in [0, 0.1) is 18.6 Å². The van der Waals surface area contributed by atoms with Crippen LogP contribution in [0.5, 0.6) is 0 Å². The molecule has 1 aromatic rings. The molecule has 0 amide bonds. The van der Waals surface area contributed by atoms with Crippen LogP contribution in [0.3, 0.4) is 0 Å². The summed E-state index contributed by atoms with van der Waals surface area (Å²) in [4.78, 5) is 0. The second-order valence-electron chi connectivity index (χ2n) is 5.36. The van der Waals surface area contributed by atoms with Gasteiger partial charge in [0.15, 0.2) is 11.6 Å². The zero-order valence-corrected chi connectivity index (χ0v) is 11.7. The summed E-state index contributed by atoms with van der Waals surface area (Å²) in [6.07, 6.45) is 1.80. The van der Waals surface area contributed by atoms with Crippen molar-refractivity contribution in [2.24, 2.45) is 0 Å². The summed E-state index contributed by atoms with van der Waals surface area (Å²) in [5.74, 6) is -1.52. The third kappa shape index (κ3) is 2.65. The van der Waals surface area contributed by atoms with Gasteiger partial charge in [-0.15, -0.1) is 0 Å². The van der Waals surface area contributed by atoms with Crippen LogP contribution < -0.4 is 5.32 Å². The molecule has 0 spiro atoms. The van der Waals surface area contributed by atoms with Crippen molar-refractivity contribution in [2.45, 2.75) is 45.3 Å². The second kappa shape index (κ2) is 5.55. The van der Waals surface area contributed by atoms with E-state index in [9.17, 15) is 8.78 Å². The minimum Gasteiger partial charge on any atom is -0.373 e. The first-order valence-corrected chi connectivity index (χ1v) is 6.81. The number of benzene rings is 1. The highest BCUT2D eigenvalue weighted by Crippen LogP contribution is 2.38. The first kappa shape index (κ1) is 14.4. The summed E-state index contributed by atoms with van der Waals surface area (Å²) in [7, 11) is 0. The lowest BCUT2D eigenvalue weighted by molar-refractivity contribution is -0.0131. The molecule has 19 heavy (non-hydrogen) atoms. The van der Waals surface area contributed by atoms with Crippen LogP contribution in [0.1, 0.15) is 43.9 Å². The summed E-state index contributed by atoms with van der Waals surface area (Å²) in [5, 5.41) is 3.24. The van der Waals surface area contributed by atoms with E-state index in [0.29, 0.717) is 24.3 Å². The molecule has 1 aliphatic rings. The highest BCUT2D eigenvalue weighted by molar-refractivity contribution is 5.30. The largest absolute Gasteiger partial charge is 0.373 e. The van der Waals surface area contributed by atoms with Crippen LogP contribution in [0.4, 0.5) is 8.78 Å². The molecule has 2 atom stereocenters. The fourth-order valence-corrected chi connectivity index (χ4v) is 2.77. The van der Waals surface area contributed by atoms with Gasteiger partial charge in [-0.05, 0) is 38.8 Å². The molecule has 1 aromatic carbocycles. The van der Waals surface area contributed by atoms with Gasteiger partial charge < -0.3 is 10.1 Å². The molecule has 1 aliphatic heterocycles. The fourth-order valence-electron chi connectivity index (χ4n) is 2.77. The van der Waals surface area contributed by atoms with E-state index in [4.69, 9.17) is 4.74 Å². The molecule has 106 valence electrons. The Hall–Kier alpha value is -1.00. The Morgan fingerprint density at radius 3 is 2.68 bits per heavy atom. The van der Waals surface area contributed by atoms with Crippen LogP contribution in [0.15, 0.2) is 12.1 Å². The average molecular weight is 269 g/mol. The van der Waals surface area contributed by atoms with Crippen LogP contribution in [-0.4, -0.2) is 18.8 Å². The molecule has 0 aromatic heterocycles. The molecule has 4 heteroatoms. The minimum absolute atomic E-state index is 0.324. The summed E-state index contributed by atoms with van der Waals surface area (Å²) in [5.41, 5.74) is 0.210. The Kier molecular flexibility index (Phi) is 4.21. The highest BCUT2D eigenvalue weighted by atomic mass is 19.2. The number of hydrogen-bond donors (Lipinski definition) is 1. The Balaban J connectivity index is 2.42. The summed E-state index contributed by atoms with van der Waals surface area (Å²) in [6, 6.07) is 2.96. The van der Waals surface area contributed by atoms with Crippen molar-refractivity contribution in [3.05, 3.63) is 34.9 Å². The Morgan fingerprint density at radius 1 is 1.37 bits per heavy atom. The van der Waals surface area contributed by atoms with E-state index in [-0.39, 0.29) is 6.04 Å². The van der Waals surface area contributed by atoms with Gasteiger partial charge in [0.05, 0.1) is 11.6 Å². The van der Waals surface area contributed by atoms with Gasteiger partial charge in [-0.3, -0.25) is 0 Å². The van der Waals surface area contributed by atoms with Crippen molar-refractivity contribution in [1.82, 2.24) is 5.32 Å². The van der Waals surface area contributed by atoms with Gasteiger partial charge >= 0.3 is 0 Å². The SMILES string of the molecule is CCNC(c1ccc(C)c(F)c1F)C1(C)CCCO1. The molecule has 1 N–H and O–H groups in total. The van der Waals surface area contributed by atoms with Crippen molar-refractivity contribution in [1.29, 1.82) is 0 Å². The summed E-state index contributed by atoms with van der Waals surface area (Å²) in [6.45, 7) is 6.84. The second-order valence-corrected chi connectivity index (χ2v) is 5.36. The van der Waals surface area contributed by atoms with Gasteiger partial charge in [0, 0.05) is 12.2 Å². The molecule has 0 aliphatic carbocycles. The molecule has 0 radical (unpaired) electrons. The molecular formula is C15H21F2NO. The first-order chi connectivity index (χ1) is 8.99. The monoisotopic (exact) mass is 269 g/mol. The number of aryl methyl sites for hydroxylation is 1. The van der Waals surface area contributed by atoms with E-state index in [1.54, 1.807) is 19.1 Å². The Morgan fingerprint density at radius 2 is 2.11 bits per heavy atom. The van der Waals surface area contributed by atoms with Crippen LogP contribution >= 0.6 is 0 Å². The lowest BCUT2D eigenvalue weighted by Crippen LogP contribution is -2.41. The van der Waals surface area contributed by atoms with E-state index in [1.165, 1.54) is 0 Å². The van der Waals surface area contributed by atoms with E-state index < -0.39 is 17.2 Å². The summed E-state index contributed by atoms with van der Waals surface area (Å²) >= 11 is 0. The van der Waals surface area contributed by atoms with Gasteiger partial charge in [0.2, 0.25) is 0 Å². The number of likely N-dealkylation sites (N-methyl/N-ethyl adjacent to an activating group) is 1. The molecular weight excluding hydrogens is 248 g/mol. The third-order valence-corrected chi connectivity index (χ3v) is 3.88. The smallest absolute Gasteiger partial charge is 0.163 e. The highest BCUT2D eigenvalue weighted by Gasteiger charge is 2.40. The van der Waals surface area contributed by atoms with Crippen LogP contribution in [0.25, 0.3) is 0 Å². The number of rotatable bonds is 4. The maximum Gasteiger partial charge on any atom is 0.163 e. The van der Waals surface area contributed by atoms with Gasteiger partial charge in [0.25, 0.3) is 0 Å². The molecule has 1 saturated heterocycles. The molecule has 2 nitrogen and oxygen atoms in total. The number of nitrogens with one attached hydrogen (secondary N) is 1. The van der Waals surface area contributed by atoms with Crippen molar-refractivity contribution < 1.29 is 13.5 Å². The molecule has 0 bridgehead atoms. The fraction of sp³-hybridized carbons (Fsp3) is 0.600. The molecule has 1 heterocycles. The molecule has 2 rings (SSSR count). The van der Waals surface area contributed by atoms with Gasteiger partial charge in [0.1, 0.15) is 0 Å². The lowest BCUT2D eigenvalue weighted by Gasteiger charge is -2.34. The zero-order valence-electron chi connectivity index (χ0n) is 11.7. The van der Waals surface area contributed by atoms with E-state index in [1.807, 2.05) is 13.8 Å².